The van der Waals surface area contributed by atoms with E-state index in [2.05, 4.69) is 74.1 Å². The van der Waals surface area contributed by atoms with Crippen LogP contribution >= 0.6 is 0 Å². The van der Waals surface area contributed by atoms with Gasteiger partial charge in [-0.1, -0.05) is 25.8 Å². The summed E-state index contributed by atoms with van der Waals surface area (Å²) in [7, 11) is 2.22. The number of fused-ring (bicyclic) bond motifs is 3. The van der Waals surface area contributed by atoms with Gasteiger partial charge in [-0.2, -0.15) is 5.10 Å². The molecule has 1 aromatic carbocycles. The molecule has 3 rings (SSSR count). The van der Waals surface area contributed by atoms with Crippen LogP contribution in [0.5, 0.6) is 0 Å². The van der Waals surface area contributed by atoms with Crippen molar-refractivity contribution in [3.05, 3.63) is 30.0 Å². The van der Waals surface area contributed by atoms with Crippen LogP contribution in [0.2, 0.25) is 0 Å². The van der Waals surface area contributed by atoms with E-state index in [1.54, 1.807) is 0 Å². The number of nitrogens with two attached hydrogens (primary N) is 1. The van der Waals surface area contributed by atoms with Gasteiger partial charge in [-0.15, -0.1) is 0 Å². The smallest absolute Gasteiger partial charge is 0.152 e. The van der Waals surface area contributed by atoms with Crippen LogP contribution in [0.25, 0.3) is 21.8 Å². The van der Waals surface area contributed by atoms with E-state index in [1.165, 1.54) is 30.2 Å². The van der Waals surface area contributed by atoms with Crippen molar-refractivity contribution in [1.29, 1.82) is 0 Å². The van der Waals surface area contributed by atoms with E-state index < -0.39 is 0 Å². The van der Waals surface area contributed by atoms with Crippen molar-refractivity contribution in [3.8, 4) is 0 Å². The number of nitrogens with zero attached hydrogens (tertiary/aromatic N) is 4. The summed E-state index contributed by atoms with van der Waals surface area (Å²) >= 11 is 0. The van der Waals surface area contributed by atoms with E-state index >= 15 is 0 Å². The highest BCUT2D eigenvalue weighted by molar-refractivity contribution is 6.08. The molecule has 0 bridgehead atoms. The molecule has 0 aliphatic rings. The Labute approximate surface area is 175 Å². The van der Waals surface area contributed by atoms with Gasteiger partial charge in [0, 0.05) is 29.1 Å². The minimum absolute atomic E-state index is 0.250. The molecule has 0 amide bonds. The zero-order valence-electron chi connectivity index (χ0n) is 18.8. The Bertz CT molecular complexity index is 951. The Morgan fingerprint density at radius 2 is 1.86 bits per heavy atom. The molecule has 0 unspecified atom stereocenters. The van der Waals surface area contributed by atoms with Crippen molar-refractivity contribution in [2.45, 2.75) is 78.3 Å². The molecule has 5 nitrogen and oxygen atoms in total. The van der Waals surface area contributed by atoms with Crippen LogP contribution in [-0.2, 0) is 13.0 Å². The number of hydrogen-bond donors (Lipinski definition) is 1. The third kappa shape index (κ3) is 5.27. The molecule has 0 atom stereocenters. The molecule has 0 saturated heterocycles. The summed E-state index contributed by atoms with van der Waals surface area (Å²) < 4.78 is 2.02. The highest BCUT2D eigenvalue weighted by Crippen LogP contribution is 2.28. The Morgan fingerprint density at radius 1 is 1.07 bits per heavy atom. The second kappa shape index (κ2) is 9.12. The van der Waals surface area contributed by atoms with Crippen molar-refractivity contribution >= 4 is 27.6 Å². The van der Waals surface area contributed by atoms with Crippen molar-refractivity contribution in [2.75, 3.05) is 19.3 Å². The molecule has 0 fully saturated rings. The molecule has 5 heteroatoms. The number of rotatable bonds is 9. The van der Waals surface area contributed by atoms with Gasteiger partial charge < -0.3 is 10.6 Å². The standard InChI is InChI=1S/C24H37N5/c1-6-7-15-29-17-20-19-16-18(11-9-8-10-14-28(5)24(2,3)4)12-13-21(19)26-23(25)22(20)27-29/h12-13,16-17H,6-11,14-15H2,1-5H3,(H2,25,26). The van der Waals surface area contributed by atoms with E-state index in [0.29, 0.717) is 5.82 Å². The molecule has 0 saturated carbocycles. The van der Waals surface area contributed by atoms with Gasteiger partial charge in [-0.25, -0.2) is 4.98 Å². The molecule has 158 valence electrons. The number of aryl methyl sites for hydroxylation is 2. The lowest BCUT2D eigenvalue weighted by molar-refractivity contribution is 0.172. The monoisotopic (exact) mass is 395 g/mol. The number of anilines is 1. The van der Waals surface area contributed by atoms with Crippen molar-refractivity contribution < 1.29 is 0 Å². The van der Waals surface area contributed by atoms with E-state index in [0.717, 1.165) is 48.8 Å². The Balaban J connectivity index is 1.69. The van der Waals surface area contributed by atoms with Crippen molar-refractivity contribution in [2.24, 2.45) is 0 Å². The summed E-state index contributed by atoms with van der Waals surface area (Å²) in [4.78, 5) is 7.02. The number of hydrogen-bond acceptors (Lipinski definition) is 4. The largest absolute Gasteiger partial charge is 0.382 e. The maximum atomic E-state index is 6.18. The normalized spacial score (nSPS) is 12.5. The SMILES string of the molecule is CCCCn1cc2c(n1)c(N)nc1ccc(CCCCCN(C)C(C)(C)C)cc12. The molecule has 2 heterocycles. The van der Waals surface area contributed by atoms with Gasteiger partial charge in [-0.3, -0.25) is 4.68 Å². The summed E-state index contributed by atoms with van der Waals surface area (Å²) in [6.07, 6.45) is 9.22. The maximum absolute atomic E-state index is 6.18. The average molecular weight is 396 g/mol. The molecule has 2 N–H and O–H groups in total. The molecular weight excluding hydrogens is 358 g/mol. The van der Waals surface area contributed by atoms with Crippen molar-refractivity contribution in [3.63, 3.8) is 0 Å². The van der Waals surface area contributed by atoms with Gasteiger partial charge in [-0.05, 0) is 77.7 Å². The quantitative estimate of drug-likeness (QED) is 0.492. The lowest BCUT2D eigenvalue weighted by Crippen LogP contribution is -2.38. The average Bonchev–Trinajstić information content (AvgIpc) is 3.11. The number of benzene rings is 1. The second-order valence-electron chi connectivity index (χ2n) is 9.26. The summed E-state index contributed by atoms with van der Waals surface area (Å²) in [5.41, 5.74) is 9.59. The molecule has 0 radical (unpaired) electrons. The second-order valence-corrected chi connectivity index (χ2v) is 9.26. The number of unbranched alkanes of at least 4 members (excludes halogenated alkanes) is 3. The Hall–Kier alpha value is -2.14. The van der Waals surface area contributed by atoms with Crippen LogP contribution in [0.1, 0.15) is 65.4 Å². The molecular formula is C24H37N5. The summed E-state index contributed by atoms with van der Waals surface area (Å²) in [6.45, 7) is 11.1. The fourth-order valence-corrected chi connectivity index (χ4v) is 3.67. The first-order valence-corrected chi connectivity index (χ1v) is 11.1. The van der Waals surface area contributed by atoms with Gasteiger partial charge in [0.1, 0.15) is 5.52 Å². The van der Waals surface area contributed by atoms with Crippen LogP contribution in [0.3, 0.4) is 0 Å². The first-order chi connectivity index (χ1) is 13.8. The molecule has 3 aromatic rings. The minimum Gasteiger partial charge on any atom is -0.382 e. The van der Waals surface area contributed by atoms with Gasteiger partial charge in [0.2, 0.25) is 0 Å². The zero-order chi connectivity index (χ0) is 21.0. The van der Waals surface area contributed by atoms with Crippen LogP contribution in [0.4, 0.5) is 5.82 Å². The summed E-state index contributed by atoms with van der Waals surface area (Å²) in [5.74, 6) is 0.526. The van der Waals surface area contributed by atoms with Crippen LogP contribution in [0, 0.1) is 0 Å². The zero-order valence-corrected chi connectivity index (χ0v) is 18.8. The third-order valence-corrected chi connectivity index (χ3v) is 5.94. The maximum Gasteiger partial charge on any atom is 0.152 e. The predicted molar refractivity (Wildman–Crippen MR) is 124 cm³/mol. The summed E-state index contributed by atoms with van der Waals surface area (Å²) in [5, 5.41) is 6.97. The van der Waals surface area contributed by atoms with E-state index in [4.69, 9.17) is 5.73 Å². The summed E-state index contributed by atoms with van der Waals surface area (Å²) in [6, 6.07) is 6.60. The highest BCUT2D eigenvalue weighted by Gasteiger charge is 2.16. The fraction of sp³-hybridized carbons (Fsp3) is 0.583. The van der Waals surface area contributed by atoms with E-state index in [9.17, 15) is 0 Å². The van der Waals surface area contributed by atoms with Crippen molar-refractivity contribution in [1.82, 2.24) is 19.7 Å². The third-order valence-electron chi connectivity index (χ3n) is 5.94. The van der Waals surface area contributed by atoms with Crippen LogP contribution in [0.15, 0.2) is 24.4 Å². The fourth-order valence-electron chi connectivity index (χ4n) is 3.67. The molecule has 0 spiro atoms. The molecule has 0 aliphatic heterocycles. The van der Waals surface area contributed by atoms with Gasteiger partial charge >= 0.3 is 0 Å². The van der Waals surface area contributed by atoms with E-state index in [1.807, 2.05) is 4.68 Å². The molecule has 29 heavy (non-hydrogen) atoms. The first-order valence-electron chi connectivity index (χ1n) is 11.1. The first kappa shape index (κ1) is 21.6. The Morgan fingerprint density at radius 3 is 2.59 bits per heavy atom. The Kier molecular flexibility index (Phi) is 6.78. The van der Waals surface area contributed by atoms with Gasteiger partial charge in [0.25, 0.3) is 0 Å². The van der Waals surface area contributed by atoms with Crippen LogP contribution in [-0.4, -0.2) is 38.8 Å². The topological polar surface area (TPSA) is 60.0 Å². The predicted octanol–water partition coefficient (Wildman–Crippen LogP) is 5.41. The highest BCUT2D eigenvalue weighted by atomic mass is 15.3. The lowest BCUT2D eigenvalue weighted by atomic mass is 10.0. The lowest BCUT2D eigenvalue weighted by Gasteiger charge is -2.31. The molecule has 0 aliphatic carbocycles. The number of aromatic nitrogens is 3. The van der Waals surface area contributed by atoms with Gasteiger partial charge in [0.15, 0.2) is 5.82 Å². The molecule has 2 aromatic heterocycles. The minimum atomic E-state index is 0.250. The van der Waals surface area contributed by atoms with Gasteiger partial charge in [0.05, 0.1) is 5.52 Å². The van der Waals surface area contributed by atoms with E-state index in [-0.39, 0.29) is 5.54 Å². The van der Waals surface area contributed by atoms with Crippen LogP contribution < -0.4 is 5.73 Å². The number of pyridine rings is 1. The number of nitrogen functional groups attached to an aromatic ring is 1.